The summed E-state index contributed by atoms with van der Waals surface area (Å²) in [4.78, 5) is 63.6. The van der Waals surface area contributed by atoms with Crippen LogP contribution in [0.25, 0.3) is 0 Å². The molecule has 0 aromatic heterocycles. The fraction of sp³-hybridized carbons (Fsp3) is 0.579. The van der Waals surface area contributed by atoms with E-state index in [4.69, 9.17) is 15.0 Å². The molecule has 3 rings (SSSR count). The molecule has 0 bridgehead atoms. The number of hydrogen-bond donors (Lipinski definition) is 3. The van der Waals surface area contributed by atoms with Gasteiger partial charge in [0.1, 0.15) is 0 Å². The number of hydrogen-bond acceptors (Lipinski definition) is 7. The Hall–Kier alpha value is -3.24. The van der Waals surface area contributed by atoms with E-state index in [0.717, 1.165) is 5.92 Å². The van der Waals surface area contributed by atoms with Gasteiger partial charge in [-0.2, -0.15) is 0 Å². The van der Waals surface area contributed by atoms with Gasteiger partial charge in [0.25, 0.3) is 18.3 Å². The number of allylic oxidation sites excluding steroid dienone is 2. The Morgan fingerprint density at radius 3 is 1.97 bits per heavy atom. The lowest BCUT2D eigenvalue weighted by atomic mass is 9.96. The molecule has 11 heteroatoms. The molecule has 2 heterocycles. The molecule has 4 amide bonds. The van der Waals surface area contributed by atoms with Crippen LogP contribution in [-0.2, 0) is 28.8 Å². The van der Waals surface area contributed by atoms with Gasteiger partial charge in [-0.1, -0.05) is 30.6 Å². The lowest BCUT2D eigenvalue weighted by molar-refractivity contribution is -0.175. The van der Waals surface area contributed by atoms with Gasteiger partial charge in [-0.05, 0) is 31.6 Å². The number of nitrogens with zero attached hydrogens (tertiary/aromatic N) is 1. The molecule has 11 nitrogen and oxygen atoms in total. The van der Waals surface area contributed by atoms with Crippen LogP contribution in [0.2, 0.25) is 0 Å². The fourth-order valence-electron chi connectivity index (χ4n) is 2.59. The maximum atomic E-state index is 10.6. The van der Waals surface area contributed by atoms with Crippen molar-refractivity contribution in [1.82, 2.24) is 10.4 Å². The van der Waals surface area contributed by atoms with Crippen molar-refractivity contribution in [2.75, 3.05) is 0 Å². The minimum Gasteiger partial charge on any atom is -0.483 e. The molecule has 30 heavy (non-hydrogen) atoms. The second-order valence-corrected chi connectivity index (χ2v) is 6.60. The first-order chi connectivity index (χ1) is 14.2. The van der Waals surface area contributed by atoms with Crippen molar-refractivity contribution in [1.29, 1.82) is 0 Å². The lowest BCUT2D eigenvalue weighted by Gasteiger charge is -2.10. The van der Waals surface area contributed by atoms with Crippen LogP contribution in [0.4, 0.5) is 4.79 Å². The summed E-state index contributed by atoms with van der Waals surface area (Å²) in [5.74, 6) is -0.556. The molecule has 1 atom stereocenters. The van der Waals surface area contributed by atoms with Crippen molar-refractivity contribution in [2.24, 2.45) is 5.92 Å². The topological polar surface area (TPSA) is 167 Å². The van der Waals surface area contributed by atoms with Crippen LogP contribution < -0.4 is 5.32 Å². The molecule has 2 aliphatic heterocycles. The van der Waals surface area contributed by atoms with Gasteiger partial charge in [0.2, 0.25) is 11.8 Å². The largest absolute Gasteiger partial charge is 0.531 e. The third-order valence-corrected chi connectivity index (χ3v) is 4.09. The fourth-order valence-corrected chi connectivity index (χ4v) is 2.59. The number of carbonyl (C=O) groups is 6. The highest BCUT2D eigenvalue weighted by molar-refractivity contribution is 6.02. The van der Waals surface area contributed by atoms with E-state index in [1.165, 1.54) is 32.1 Å². The van der Waals surface area contributed by atoms with Gasteiger partial charge in [0.05, 0.1) is 0 Å². The molecular weight excluding hydrogens is 400 g/mol. The van der Waals surface area contributed by atoms with Crippen molar-refractivity contribution < 1.29 is 43.8 Å². The standard InChI is InChI=1S/C9H16.C5H5NO5.C4H5NO2.CH2O2/c1-9-7-5-3-2-4-6-8-9;7-3-1-2-4(8)6(3)11-5(9)10;6-3-1-2-4(7)5-3;2-1-3/h2-3,9H,4-8H2,1H3;1-2H2,(H,9,10);1-2H2,(H,5,6,7);1H,(H,2,3)/b3-2+;;;/t9-;;;/m1.../s1. The smallest absolute Gasteiger partial charge is 0.483 e. The maximum absolute atomic E-state index is 10.6. The highest BCUT2D eigenvalue weighted by Crippen LogP contribution is 2.17. The van der Waals surface area contributed by atoms with Gasteiger partial charge in [0, 0.05) is 25.7 Å². The lowest BCUT2D eigenvalue weighted by Crippen LogP contribution is -2.31. The van der Waals surface area contributed by atoms with E-state index in [1.807, 2.05) is 0 Å². The van der Waals surface area contributed by atoms with Crippen molar-refractivity contribution in [3.8, 4) is 0 Å². The number of carboxylic acid groups (broad SMARTS) is 2. The predicted molar refractivity (Wildman–Crippen MR) is 103 cm³/mol. The summed E-state index contributed by atoms with van der Waals surface area (Å²) in [6.45, 7) is 2.11. The quantitative estimate of drug-likeness (QED) is 0.321. The van der Waals surface area contributed by atoms with E-state index in [9.17, 15) is 24.0 Å². The Bertz CT molecular complexity index is 616. The van der Waals surface area contributed by atoms with Crippen LogP contribution in [0.5, 0.6) is 0 Å². The molecule has 0 saturated carbocycles. The van der Waals surface area contributed by atoms with Gasteiger partial charge in [0.15, 0.2) is 0 Å². The normalized spacial score (nSPS) is 21.2. The van der Waals surface area contributed by atoms with Crippen LogP contribution in [0.1, 0.15) is 64.7 Å². The third-order valence-electron chi connectivity index (χ3n) is 4.09. The number of nitrogens with one attached hydrogen (secondary N) is 1. The zero-order chi connectivity index (χ0) is 22.9. The Morgan fingerprint density at radius 1 is 1.03 bits per heavy atom. The summed E-state index contributed by atoms with van der Waals surface area (Å²) < 4.78 is 0. The van der Waals surface area contributed by atoms with E-state index in [-0.39, 0.29) is 36.2 Å². The average Bonchev–Trinajstić information content (AvgIpc) is 3.18. The first-order valence-electron chi connectivity index (χ1n) is 9.53. The second kappa shape index (κ2) is 15.7. The molecule has 0 aromatic rings. The number of hydroxylamine groups is 2. The first-order valence-corrected chi connectivity index (χ1v) is 9.53. The third kappa shape index (κ3) is 13.0. The molecule has 2 fully saturated rings. The van der Waals surface area contributed by atoms with Gasteiger partial charge in [-0.3, -0.25) is 34.1 Å². The Morgan fingerprint density at radius 2 is 1.53 bits per heavy atom. The molecule has 168 valence electrons. The van der Waals surface area contributed by atoms with E-state index < -0.39 is 18.0 Å². The Labute approximate surface area is 174 Å². The molecule has 3 N–H and O–H groups in total. The van der Waals surface area contributed by atoms with Crippen molar-refractivity contribution in [2.45, 2.75) is 64.7 Å². The monoisotopic (exact) mass is 428 g/mol. The first kappa shape index (κ1) is 26.8. The van der Waals surface area contributed by atoms with Crippen molar-refractivity contribution >= 4 is 36.3 Å². The second-order valence-electron chi connectivity index (χ2n) is 6.60. The summed E-state index contributed by atoms with van der Waals surface area (Å²) in [6, 6.07) is 0. The summed E-state index contributed by atoms with van der Waals surface area (Å²) in [7, 11) is 0. The van der Waals surface area contributed by atoms with Crippen molar-refractivity contribution in [3.63, 3.8) is 0 Å². The number of rotatable bonds is 1. The molecular formula is C19H28N2O9. The van der Waals surface area contributed by atoms with Gasteiger partial charge >= 0.3 is 6.16 Å². The highest BCUT2D eigenvalue weighted by Gasteiger charge is 2.32. The SMILES string of the molecule is C[C@@H]1CC/C=C/CCC1.O=C(O)ON1C(=O)CCC1=O.O=C1CCC(=O)N1.O=CO. The Kier molecular flexibility index (Phi) is 14.0. The summed E-state index contributed by atoms with van der Waals surface area (Å²) in [6.07, 6.45) is 10.6. The van der Waals surface area contributed by atoms with Crippen LogP contribution in [0.3, 0.4) is 0 Å². The van der Waals surface area contributed by atoms with Crippen LogP contribution in [-0.4, -0.2) is 51.5 Å². The molecule has 0 spiro atoms. The van der Waals surface area contributed by atoms with E-state index >= 15 is 0 Å². The van der Waals surface area contributed by atoms with E-state index in [1.54, 1.807) is 0 Å². The minimum atomic E-state index is -1.66. The van der Waals surface area contributed by atoms with Gasteiger partial charge < -0.3 is 10.2 Å². The number of imide groups is 2. The van der Waals surface area contributed by atoms with E-state index in [0.29, 0.717) is 12.8 Å². The molecule has 2 saturated heterocycles. The van der Waals surface area contributed by atoms with Gasteiger partial charge in [-0.15, -0.1) is 0 Å². The zero-order valence-corrected chi connectivity index (χ0v) is 16.9. The van der Waals surface area contributed by atoms with Crippen LogP contribution in [0, 0.1) is 5.92 Å². The molecule has 0 aromatic carbocycles. The maximum Gasteiger partial charge on any atom is 0.531 e. The predicted octanol–water partition coefficient (Wildman–Crippen LogP) is 2.01. The summed E-state index contributed by atoms with van der Waals surface area (Å²) >= 11 is 0. The van der Waals surface area contributed by atoms with Crippen LogP contribution >= 0.6 is 0 Å². The van der Waals surface area contributed by atoms with Crippen LogP contribution in [0.15, 0.2) is 12.2 Å². The Balaban J connectivity index is 0.000000402. The molecule has 0 radical (unpaired) electrons. The molecule has 3 aliphatic rings. The van der Waals surface area contributed by atoms with Crippen molar-refractivity contribution in [3.05, 3.63) is 12.2 Å². The average molecular weight is 428 g/mol. The number of amides is 4. The minimum absolute atomic E-state index is 0.0200. The molecule has 1 aliphatic carbocycles. The number of carbonyl (C=O) groups excluding carboxylic acids is 4. The summed E-state index contributed by atoms with van der Waals surface area (Å²) in [5.41, 5.74) is 0. The molecule has 0 unspecified atom stereocenters. The van der Waals surface area contributed by atoms with E-state index in [2.05, 4.69) is 29.2 Å². The zero-order valence-electron chi connectivity index (χ0n) is 16.9. The summed E-state index contributed by atoms with van der Waals surface area (Å²) in [5, 5.41) is 17.3. The highest BCUT2D eigenvalue weighted by atomic mass is 16.8. The van der Waals surface area contributed by atoms with Gasteiger partial charge in [-0.25, -0.2) is 4.79 Å².